The van der Waals surface area contributed by atoms with Crippen LogP contribution in [0.3, 0.4) is 0 Å². The van der Waals surface area contributed by atoms with E-state index >= 15 is 0 Å². The molecule has 0 spiro atoms. The zero-order chi connectivity index (χ0) is 17.5. The molecule has 1 aliphatic rings. The molecule has 0 bridgehead atoms. The van der Waals surface area contributed by atoms with Crippen molar-refractivity contribution < 1.29 is 9.59 Å². The van der Waals surface area contributed by atoms with E-state index in [1.54, 1.807) is 0 Å². The van der Waals surface area contributed by atoms with Gasteiger partial charge in [-0.1, -0.05) is 43.7 Å². The molecule has 3 unspecified atom stereocenters. The highest BCUT2D eigenvalue weighted by molar-refractivity contribution is 5.82. The first-order chi connectivity index (χ1) is 11.5. The standard InChI is InChI=1S/C19H29N3O2/c1-3-8-14(2)21-19(24)16-11-7-12-22(13-16)17(18(20)23)15-9-5-4-6-10-15/h4-6,9-10,14,16-17H,3,7-8,11-13H2,1-2H3,(H2,20,23)(H,21,24). The third kappa shape index (κ3) is 4.81. The van der Waals surface area contributed by atoms with Gasteiger partial charge in [0.15, 0.2) is 0 Å². The van der Waals surface area contributed by atoms with Crippen LogP contribution in [-0.4, -0.2) is 35.8 Å². The molecule has 5 heteroatoms. The van der Waals surface area contributed by atoms with E-state index in [1.165, 1.54) is 0 Å². The van der Waals surface area contributed by atoms with Gasteiger partial charge >= 0.3 is 0 Å². The van der Waals surface area contributed by atoms with E-state index in [2.05, 4.69) is 17.1 Å². The minimum absolute atomic E-state index is 0.0800. The Morgan fingerprint density at radius 2 is 2.04 bits per heavy atom. The van der Waals surface area contributed by atoms with Crippen LogP contribution in [-0.2, 0) is 9.59 Å². The van der Waals surface area contributed by atoms with Gasteiger partial charge in [-0.2, -0.15) is 0 Å². The molecular weight excluding hydrogens is 302 g/mol. The monoisotopic (exact) mass is 331 g/mol. The molecule has 1 aromatic rings. The fraction of sp³-hybridized carbons (Fsp3) is 0.579. The summed E-state index contributed by atoms with van der Waals surface area (Å²) >= 11 is 0. The Kier molecular flexibility index (Phi) is 6.79. The highest BCUT2D eigenvalue weighted by atomic mass is 16.2. The van der Waals surface area contributed by atoms with Crippen molar-refractivity contribution in [3.63, 3.8) is 0 Å². The predicted octanol–water partition coefficient (Wildman–Crippen LogP) is 2.23. The zero-order valence-electron chi connectivity index (χ0n) is 14.7. The van der Waals surface area contributed by atoms with Crippen LogP contribution in [0.4, 0.5) is 0 Å². The van der Waals surface area contributed by atoms with Gasteiger partial charge in [0, 0.05) is 12.6 Å². The number of hydrogen-bond donors (Lipinski definition) is 2. The maximum absolute atomic E-state index is 12.5. The van der Waals surface area contributed by atoms with Crippen LogP contribution < -0.4 is 11.1 Å². The van der Waals surface area contributed by atoms with Gasteiger partial charge in [-0.3, -0.25) is 14.5 Å². The minimum atomic E-state index is -0.463. The molecule has 1 saturated heterocycles. The number of carbonyl (C=O) groups is 2. The van der Waals surface area contributed by atoms with Crippen LogP contribution in [0.5, 0.6) is 0 Å². The molecule has 3 atom stereocenters. The lowest BCUT2D eigenvalue weighted by molar-refractivity contribution is -0.131. The average Bonchev–Trinajstić information content (AvgIpc) is 2.56. The smallest absolute Gasteiger partial charge is 0.239 e. The van der Waals surface area contributed by atoms with Gasteiger partial charge in [0.1, 0.15) is 6.04 Å². The molecule has 0 radical (unpaired) electrons. The Labute approximate surface area is 144 Å². The van der Waals surface area contributed by atoms with Crippen molar-refractivity contribution in [1.29, 1.82) is 0 Å². The highest BCUT2D eigenvalue weighted by Crippen LogP contribution is 2.27. The summed E-state index contributed by atoms with van der Waals surface area (Å²) in [7, 11) is 0. The summed E-state index contributed by atoms with van der Waals surface area (Å²) in [6.07, 6.45) is 3.80. The molecule has 2 amide bonds. The summed E-state index contributed by atoms with van der Waals surface area (Å²) in [5, 5.41) is 3.10. The third-order valence-electron chi connectivity index (χ3n) is 4.68. The molecule has 132 valence electrons. The van der Waals surface area contributed by atoms with Crippen LogP contribution in [0.2, 0.25) is 0 Å². The number of nitrogens with zero attached hydrogens (tertiary/aromatic N) is 1. The second kappa shape index (κ2) is 8.83. The summed E-state index contributed by atoms with van der Waals surface area (Å²) in [6, 6.07) is 9.31. The molecule has 1 fully saturated rings. The normalized spacial score (nSPS) is 21.0. The largest absolute Gasteiger partial charge is 0.368 e. The number of rotatable bonds is 7. The molecule has 1 heterocycles. The third-order valence-corrected chi connectivity index (χ3v) is 4.68. The number of piperidine rings is 1. The van der Waals surface area contributed by atoms with Crippen molar-refractivity contribution in [1.82, 2.24) is 10.2 Å². The van der Waals surface area contributed by atoms with Crippen LogP contribution in [0, 0.1) is 5.92 Å². The lowest BCUT2D eigenvalue weighted by Gasteiger charge is -2.36. The van der Waals surface area contributed by atoms with Gasteiger partial charge in [-0.05, 0) is 38.3 Å². The topological polar surface area (TPSA) is 75.4 Å². The second-order valence-corrected chi connectivity index (χ2v) is 6.75. The number of benzene rings is 1. The van der Waals surface area contributed by atoms with Crippen LogP contribution in [0.15, 0.2) is 30.3 Å². The molecule has 0 aromatic heterocycles. The molecule has 2 rings (SSSR count). The van der Waals surface area contributed by atoms with Crippen molar-refractivity contribution in [3.05, 3.63) is 35.9 Å². The molecule has 24 heavy (non-hydrogen) atoms. The number of amides is 2. The van der Waals surface area contributed by atoms with Crippen LogP contribution in [0.25, 0.3) is 0 Å². The fourth-order valence-corrected chi connectivity index (χ4v) is 3.51. The summed E-state index contributed by atoms with van der Waals surface area (Å²) in [5.74, 6) is -0.345. The molecular formula is C19H29N3O2. The quantitative estimate of drug-likeness (QED) is 0.804. The SMILES string of the molecule is CCCC(C)NC(=O)C1CCCN(C(C(N)=O)c2ccccc2)C1. The number of carbonyl (C=O) groups excluding carboxylic acids is 2. The Hall–Kier alpha value is -1.88. The van der Waals surface area contributed by atoms with E-state index in [1.807, 2.05) is 37.3 Å². The summed E-state index contributed by atoms with van der Waals surface area (Å²) in [4.78, 5) is 26.6. The van der Waals surface area contributed by atoms with Crippen molar-refractivity contribution in [3.8, 4) is 0 Å². The number of likely N-dealkylation sites (tertiary alicyclic amines) is 1. The number of nitrogens with one attached hydrogen (secondary N) is 1. The average molecular weight is 331 g/mol. The van der Waals surface area contributed by atoms with Gasteiger partial charge in [0.2, 0.25) is 11.8 Å². The number of nitrogens with two attached hydrogens (primary N) is 1. The van der Waals surface area contributed by atoms with Gasteiger partial charge in [0.05, 0.1) is 5.92 Å². The lowest BCUT2D eigenvalue weighted by atomic mass is 9.93. The van der Waals surface area contributed by atoms with Gasteiger partial charge in [-0.15, -0.1) is 0 Å². The maximum Gasteiger partial charge on any atom is 0.239 e. The number of primary amides is 1. The molecule has 3 N–H and O–H groups in total. The molecule has 1 aliphatic heterocycles. The predicted molar refractivity (Wildman–Crippen MR) is 95.2 cm³/mol. The van der Waals surface area contributed by atoms with E-state index in [0.29, 0.717) is 6.54 Å². The van der Waals surface area contributed by atoms with E-state index in [4.69, 9.17) is 5.73 Å². The summed E-state index contributed by atoms with van der Waals surface area (Å²) < 4.78 is 0. The van der Waals surface area contributed by atoms with Crippen LogP contribution in [0.1, 0.15) is 51.1 Å². The zero-order valence-corrected chi connectivity index (χ0v) is 14.7. The minimum Gasteiger partial charge on any atom is -0.368 e. The lowest BCUT2D eigenvalue weighted by Crippen LogP contribution is -2.48. The summed E-state index contributed by atoms with van der Waals surface area (Å²) in [6.45, 7) is 5.52. The van der Waals surface area contributed by atoms with Crippen molar-refractivity contribution in [2.45, 2.75) is 51.6 Å². The number of hydrogen-bond acceptors (Lipinski definition) is 3. The Morgan fingerprint density at radius 1 is 1.33 bits per heavy atom. The van der Waals surface area contributed by atoms with E-state index < -0.39 is 6.04 Å². The Morgan fingerprint density at radius 3 is 2.67 bits per heavy atom. The Balaban J connectivity index is 2.05. The van der Waals surface area contributed by atoms with Gasteiger partial charge in [-0.25, -0.2) is 0 Å². The van der Waals surface area contributed by atoms with Crippen molar-refractivity contribution >= 4 is 11.8 Å². The van der Waals surface area contributed by atoms with Crippen molar-refractivity contribution in [2.24, 2.45) is 11.7 Å². The van der Waals surface area contributed by atoms with Crippen LogP contribution >= 0.6 is 0 Å². The van der Waals surface area contributed by atoms with Gasteiger partial charge < -0.3 is 11.1 Å². The van der Waals surface area contributed by atoms with E-state index in [0.717, 1.165) is 37.8 Å². The molecule has 0 saturated carbocycles. The fourth-order valence-electron chi connectivity index (χ4n) is 3.51. The van der Waals surface area contributed by atoms with Crippen molar-refractivity contribution in [2.75, 3.05) is 13.1 Å². The Bertz CT molecular complexity index is 547. The van der Waals surface area contributed by atoms with E-state index in [9.17, 15) is 9.59 Å². The first-order valence-corrected chi connectivity index (χ1v) is 8.91. The maximum atomic E-state index is 12.5. The highest BCUT2D eigenvalue weighted by Gasteiger charge is 2.33. The molecule has 5 nitrogen and oxygen atoms in total. The van der Waals surface area contributed by atoms with E-state index in [-0.39, 0.29) is 23.8 Å². The first kappa shape index (κ1) is 18.5. The van der Waals surface area contributed by atoms with Gasteiger partial charge in [0.25, 0.3) is 0 Å². The summed E-state index contributed by atoms with van der Waals surface area (Å²) in [5.41, 5.74) is 6.55. The second-order valence-electron chi connectivity index (χ2n) is 6.75. The molecule has 0 aliphatic carbocycles. The first-order valence-electron chi connectivity index (χ1n) is 8.91. The molecule has 1 aromatic carbocycles.